The third-order valence-corrected chi connectivity index (χ3v) is 2.62. The maximum absolute atomic E-state index is 3.56. The molecule has 78 valence electrons. The fourth-order valence-electron chi connectivity index (χ4n) is 1.90. The van der Waals surface area contributed by atoms with Crippen molar-refractivity contribution < 1.29 is 0 Å². The first-order valence-electron chi connectivity index (χ1n) is 5.40. The number of hydrogen-bond donors (Lipinski definition) is 0. The van der Waals surface area contributed by atoms with E-state index in [0.717, 1.165) is 11.8 Å². The van der Waals surface area contributed by atoms with Gasteiger partial charge in [0.25, 0.3) is 0 Å². The quantitative estimate of drug-likeness (QED) is 0.364. The largest absolute Gasteiger partial charge is 0.167 e. The first kappa shape index (κ1) is 11.2. The van der Waals surface area contributed by atoms with Gasteiger partial charge in [-0.2, -0.15) is 10.2 Å². The van der Waals surface area contributed by atoms with Gasteiger partial charge in [0.1, 0.15) is 0 Å². The molecule has 0 aromatic carbocycles. The molecule has 1 unspecified atom stereocenters. The topological polar surface area (TPSA) is 24.7 Å². The van der Waals surface area contributed by atoms with Crippen LogP contribution in [0.5, 0.6) is 0 Å². The summed E-state index contributed by atoms with van der Waals surface area (Å²) >= 11 is 0. The Morgan fingerprint density at radius 2 is 1.86 bits per heavy atom. The van der Waals surface area contributed by atoms with Gasteiger partial charge in [0.15, 0.2) is 0 Å². The van der Waals surface area contributed by atoms with Crippen LogP contribution in [0.4, 0.5) is 0 Å². The second kappa shape index (κ2) is 5.74. The Morgan fingerprint density at radius 3 is 2.00 bits per heavy atom. The van der Waals surface area contributed by atoms with Crippen LogP contribution in [0.2, 0.25) is 0 Å². The van der Waals surface area contributed by atoms with Gasteiger partial charge in [-0.1, -0.05) is 26.0 Å². The molecule has 2 heteroatoms. The van der Waals surface area contributed by atoms with Crippen molar-refractivity contribution in [3.05, 3.63) is 12.2 Å². The minimum absolute atomic E-state index is 0.477. The minimum atomic E-state index is 0.477. The zero-order chi connectivity index (χ0) is 10.4. The van der Waals surface area contributed by atoms with E-state index < -0.39 is 0 Å². The zero-order valence-corrected chi connectivity index (χ0v) is 9.19. The molecule has 2 rings (SSSR count). The van der Waals surface area contributed by atoms with Crippen molar-refractivity contribution in [1.29, 1.82) is 0 Å². The van der Waals surface area contributed by atoms with Crippen molar-refractivity contribution >= 4 is 12.9 Å². The van der Waals surface area contributed by atoms with Crippen LogP contribution in [0, 0.1) is 17.8 Å². The first-order valence-corrected chi connectivity index (χ1v) is 5.40. The van der Waals surface area contributed by atoms with Gasteiger partial charge in [0, 0.05) is 12.9 Å². The number of allylic oxidation sites excluding steroid dienone is 2. The maximum atomic E-state index is 3.56. The molecule has 2 bridgehead atoms. The molecule has 0 aromatic heterocycles. The summed E-state index contributed by atoms with van der Waals surface area (Å²) in [5.74, 6) is 2.46. The van der Waals surface area contributed by atoms with E-state index in [2.05, 4.69) is 29.1 Å². The maximum Gasteiger partial charge on any atom is 0.0295 e. The van der Waals surface area contributed by atoms with Crippen LogP contribution < -0.4 is 0 Å². The Morgan fingerprint density at radius 1 is 1.29 bits per heavy atom. The SMILES string of the molecule is C1=C[C@@H]2CCC1C2.C=N/N=C/C(C)C. The third-order valence-electron chi connectivity index (χ3n) is 2.62. The zero-order valence-electron chi connectivity index (χ0n) is 9.19. The Balaban J connectivity index is 0.000000140. The number of fused-ring (bicyclic) bond motifs is 2. The van der Waals surface area contributed by atoms with E-state index in [9.17, 15) is 0 Å². The second-order valence-corrected chi connectivity index (χ2v) is 4.37. The summed E-state index contributed by atoms with van der Waals surface area (Å²) in [6.07, 6.45) is 10.9. The van der Waals surface area contributed by atoms with E-state index in [1.165, 1.54) is 19.3 Å². The van der Waals surface area contributed by atoms with Gasteiger partial charge in [0.2, 0.25) is 0 Å². The molecule has 14 heavy (non-hydrogen) atoms. The molecule has 0 aromatic rings. The van der Waals surface area contributed by atoms with Crippen LogP contribution in [0.3, 0.4) is 0 Å². The Labute approximate surface area is 86.8 Å². The molecule has 0 saturated heterocycles. The summed E-state index contributed by atoms with van der Waals surface area (Å²) in [5, 5.41) is 6.86. The van der Waals surface area contributed by atoms with Gasteiger partial charge in [-0.3, -0.25) is 0 Å². The third kappa shape index (κ3) is 3.86. The van der Waals surface area contributed by atoms with Crippen LogP contribution in [0.1, 0.15) is 33.1 Å². The minimum Gasteiger partial charge on any atom is -0.167 e. The monoisotopic (exact) mass is 192 g/mol. The van der Waals surface area contributed by atoms with Crippen molar-refractivity contribution in [1.82, 2.24) is 0 Å². The smallest absolute Gasteiger partial charge is 0.0295 e. The van der Waals surface area contributed by atoms with E-state index in [1.807, 2.05) is 13.8 Å². The fraction of sp³-hybridized carbons (Fsp3) is 0.667. The van der Waals surface area contributed by atoms with Gasteiger partial charge in [-0.25, -0.2) is 0 Å². The Kier molecular flexibility index (Phi) is 4.57. The number of rotatable bonds is 2. The standard InChI is InChI=1S/C7H10.C5H10N2/c1-2-7-4-3-6(1)5-7;1-5(2)4-7-6-3/h1-2,6-7H,3-5H2;4-5H,3H2,1-2H3/b;7-4+/t6-,7?;/m1./s1. The van der Waals surface area contributed by atoms with E-state index in [0.29, 0.717) is 5.92 Å². The normalized spacial score (nSPS) is 28.2. The molecule has 0 N–H and O–H groups in total. The van der Waals surface area contributed by atoms with Gasteiger partial charge in [-0.05, 0) is 37.0 Å². The van der Waals surface area contributed by atoms with Gasteiger partial charge >= 0.3 is 0 Å². The highest BCUT2D eigenvalue weighted by atomic mass is 15.2. The van der Waals surface area contributed by atoms with Crippen molar-refractivity contribution in [3.63, 3.8) is 0 Å². The van der Waals surface area contributed by atoms with E-state index in [1.54, 1.807) is 6.21 Å². The molecule has 1 saturated carbocycles. The van der Waals surface area contributed by atoms with E-state index in [4.69, 9.17) is 0 Å². The molecular weight excluding hydrogens is 172 g/mol. The predicted octanol–water partition coefficient (Wildman–Crippen LogP) is 3.30. The van der Waals surface area contributed by atoms with Crippen molar-refractivity contribution in [2.45, 2.75) is 33.1 Å². The summed E-state index contributed by atoms with van der Waals surface area (Å²) < 4.78 is 0. The molecule has 2 aliphatic rings. The molecule has 0 radical (unpaired) electrons. The molecule has 0 heterocycles. The average Bonchev–Trinajstić information content (AvgIpc) is 2.79. The number of hydrogen-bond acceptors (Lipinski definition) is 2. The summed E-state index contributed by atoms with van der Waals surface area (Å²) in [5.41, 5.74) is 0. The van der Waals surface area contributed by atoms with Crippen molar-refractivity contribution in [2.24, 2.45) is 28.0 Å². The van der Waals surface area contributed by atoms with Crippen LogP contribution in [-0.2, 0) is 0 Å². The number of nitrogens with zero attached hydrogens (tertiary/aromatic N) is 2. The molecule has 0 aliphatic heterocycles. The van der Waals surface area contributed by atoms with Crippen LogP contribution in [0.25, 0.3) is 0 Å². The lowest BCUT2D eigenvalue weighted by atomic mass is 10.1. The summed E-state index contributed by atoms with van der Waals surface area (Å²) in [6.45, 7) is 7.26. The van der Waals surface area contributed by atoms with Gasteiger partial charge in [0.05, 0.1) is 0 Å². The molecule has 2 nitrogen and oxygen atoms in total. The highest BCUT2D eigenvalue weighted by molar-refractivity contribution is 5.59. The molecular formula is C12H20N2. The molecule has 1 fully saturated rings. The lowest BCUT2D eigenvalue weighted by Crippen LogP contribution is -1.84. The van der Waals surface area contributed by atoms with Crippen LogP contribution in [-0.4, -0.2) is 12.9 Å². The van der Waals surface area contributed by atoms with E-state index in [-0.39, 0.29) is 0 Å². The molecule has 0 spiro atoms. The summed E-state index contributed by atoms with van der Waals surface area (Å²) in [7, 11) is 0. The average molecular weight is 192 g/mol. The molecule has 2 atom stereocenters. The molecule has 0 amide bonds. The Bertz CT molecular complexity index is 216. The second-order valence-electron chi connectivity index (χ2n) is 4.37. The van der Waals surface area contributed by atoms with Crippen molar-refractivity contribution in [2.75, 3.05) is 0 Å². The Hall–Kier alpha value is -0.920. The van der Waals surface area contributed by atoms with Gasteiger partial charge < -0.3 is 0 Å². The first-order chi connectivity index (χ1) is 6.72. The predicted molar refractivity (Wildman–Crippen MR) is 62.9 cm³/mol. The van der Waals surface area contributed by atoms with Crippen molar-refractivity contribution in [3.8, 4) is 0 Å². The lowest BCUT2D eigenvalue weighted by molar-refractivity contribution is 0.691. The highest BCUT2D eigenvalue weighted by Gasteiger charge is 2.25. The summed E-state index contributed by atoms with van der Waals surface area (Å²) in [6, 6.07) is 0. The molecule has 2 aliphatic carbocycles. The van der Waals surface area contributed by atoms with Crippen LogP contribution in [0.15, 0.2) is 22.4 Å². The lowest BCUT2D eigenvalue weighted by Gasteiger charge is -1.96. The van der Waals surface area contributed by atoms with Crippen LogP contribution >= 0.6 is 0 Å². The summed E-state index contributed by atoms with van der Waals surface area (Å²) in [4.78, 5) is 0. The van der Waals surface area contributed by atoms with E-state index >= 15 is 0 Å². The van der Waals surface area contributed by atoms with Gasteiger partial charge in [-0.15, -0.1) is 0 Å². The fourth-order valence-corrected chi connectivity index (χ4v) is 1.90. The highest BCUT2D eigenvalue weighted by Crippen LogP contribution is 2.38.